The van der Waals surface area contributed by atoms with Gasteiger partial charge in [0.1, 0.15) is 0 Å². The first-order valence-electron chi connectivity index (χ1n) is 3.74. The third-order valence-corrected chi connectivity index (χ3v) is 1.13. The number of rotatable bonds is 3. The monoisotopic (exact) mass is 159 g/mol. The van der Waals surface area contributed by atoms with Crippen LogP contribution in [0.5, 0.6) is 0 Å². The molecule has 0 bridgehead atoms. The second-order valence-electron chi connectivity index (χ2n) is 3.44. The van der Waals surface area contributed by atoms with Crippen LogP contribution in [-0.4, -0.2) is 19.2 Å². The van der Waals surface area contributed by atoms with Crippen molar-refractivity contribution in [1.82, 2.24) is 0 Å². The Morgan fingerprint density at radius 2 is 1.91 bits per heavy atom. The van der Waals surface area contributed by atoms with Crippen LogP contribution in [0.2, 0.25) is 0 Å². The maximum Gasteiger partial charge on any atom is 0.311 e. The van der Waals surface area contributed by atoms with E-state index in [1.54, 1.807) is 20.8 Å². The highest BCUT2D eigenvalue weighted by atomic mass is 16.5. The molecule has 0 aliphatic carbocycles. The number of ether oxygens (including phenoxy) is 1. The van der Waals surface area contributed by atoms with Crippen molar-refractivity contribution < 1.29 is 14.6 Å². The van der Waals surface area contributed by atoms with E-state index in [1.807, 2.05) is 0 Å². The van der Waals surface area contributed by atoms with Gasteiger partial charge in [0.15, 0.2) is 0 Å². The molecule has 0 aliphatic rings. The average Bonchev–Trinajstić information content (AvgIpc) is 1.86. The third-order valence-electron chi connectivity index (χ3n) is 1.13. The molecule has 0 fully saturated rings. The van der Waals surface area contributed by atoms with Gasteiger partial charge in [0.05, 0.1) is 18.6 Å². The fraction of sp³-hybridized carbons (Fsp3) is 0.875. The smallest absolute Gasteiger partial charge is 0.311 e. The first kappa shape index (κ1) is 10.4. The zero-order valence-electron chi connectivity index (χ0n) is 7.35. The van der Waals surface area contributed by atoms with Crippen molar-refractivity contribution in [3.63, 3.8) is 0 Å². The van der Waals surface area contributed by atoms with Crippen molar-refractivity contribution in [3.8, 4) is 0 Å². The van der Waals surface area contributed by atoms with E-state index in [-0.39, 0.29) is 19.2 Å². The van der Waals surface area contributed by atoms with E-state index in [9.17, 15) is 9.90 Å². The van der Waals surface area contributed by atoms with Gasteiger partial charge in [-0.1, -0.05) is 0 Å². The second-order valence-corrected chi connectivity index (χ2v) is 3.44. The zero-order chi connectivity index (χ0) is 8.91. The van der Waals surface area contributed by atoms with Gasteiger partial charge in [-0.15, -0.1) is 0 Å². The van der Waals surface area contributed by atoms with Crippen molar-refractivity contribution in [2.24, 2.45) is 5.41 Å². The van der Waals surface area contributed by atoms with Crippen molar-refractivity contribution in [3.05, 3.63) is 0 Å². The van der Waals surface area contributed by atoms with E-state index in [4.69, 9.17) is 4.74 Å². The topological polar surface area (TPSA) is 46.2 Å². The third kappa shape index (κ3) is 4.79. The minimum absolute atomic E-state index is 0.183. The van der Waals surface area contributed by atoms with Crippen LogP contribution in [0.25, 0.3) is 0 Å². The second kappa shape index (κ2) is 4.34. The summed E-state index contributed by atoms with van der Waals surface area (Å²) in [5.41, 5.74) is -0.455. The van der Waals surface area contributed by atoms with Crippen LogP contribution in [-0.2, 0) is 14.6 Å². The Hall–Kier alpha value is -0.570. The van der Waals surface area contributed by atoms with Crippen LogP contribution in [0.15, 0.2) is 0 Å². The van der Waals surface area contributed by atoms with Gasteiger partial charge in [0.25, 0.3) is 0 Å². The summed E-state index contributed by atoms with van der Waals surface area (Å²) in [6.07, 6.45) is 0.405. The summed E-state index contributed by atoms with van der Waals surface area (Å²) in [5, 5.41) is 9.97. The molecular weight excluding hydrogens is 144 g/mol. The summed E-state index contributed by atoms with van der Waals surface area (Å²) in [6.45, 7) is 5.42. The predicted octanol–water partition coefficient (Wildman–Crippen LogP) is 1.40. The molecule has 0 aromatic carbocycles. The van der Waals surface area contributed by atoms with E-state index >= 15 is 0 Å². The Kier molecular flexibility index (Phi) is 4.11. The largest absolute Gasteiger partial charge is 0.465 e. The van der Waals surface area contributed by atoms with Gasteiger partial charge >= 0.3 is 5.97 Å². The molecule has 0 N–H and O–H groups in total. The highest BCUT2D eigenvalue weighted by molar-refractivity contribution is 5.75. The summed E-state index contributed by atoms with van der Waals surface area (Å²) in [4.78, 5) is 11.0. The van der Waals surface area contributed by atoms with Crippen LogP contribution in [0.4, 0.5) is 0 Å². The molecule has 0 amide bonds. The van der Waals surface area contributed by atoms with E-state index in [1.165, 1.54) is 0 Å². The molecule has 0 heterocycles. The van der Waals surface area contributed by atoms with Crippen molar-refractivity contribution in [1.29, 1.82) is 0 Å². The van der Waals surface area contributed by atoms with Crippen LogP contribution < -0.4 is 0 Å². The molecule has 3 nitrogen and oxygen atoms in total. The number of hydrogen-bond donors (Lipinski definition) is 0. The molecule has 0 saturated heterocycles. The average molecular weight is 159 g/mol. The SMILES string of the molecule is CC(C)(C)C(=O)OCCC[O]. The van der Waals surface area contributed by atoms with Gasteiger partial charge in [-0.3, -0.25) is 4.79 Å². The summed E-state index contributed by atoms with van der Waals surface area (Å²) >= 11 is 0. The number of carbonyl (C=O) groups excluding carboxylic acids is 1. The standard InChI is InChI=1S/C8H15O3/c1-8(2,3)7(10)11-6-4-5-9/h4-6H2,1-3H3. The lowest BCUT2D eigenvalue weighted by molar-refractivity contribution is -0.153. The molecule has 0 aromatic rings. The molecule has 0 aliphatic heterocycles. The first-order valence-corrected chi connectivity index (χ1v) is 3.74. The predicted molar refractivity (Wildman–Crippen MR) is 40.6 cm³/mol. The molecule has 1 radical (unpaired) electrons. The molecule has 0 aromatic heterocycles. The molecule has 0 spiro atoms. The highest BCUT2D eigenvalue weighted by Gasteiger charge is 2.22. The molecular formula is C8H15O3. The van der Waals surface area contributed by atoms with Crippen molar-refractivity contribution in [2.45, 2.75) is 27.2 Å². The summed E-state index contributed by atoms with van der Waals surface area (Å²) in [5.74, 6) is -0.244. The maximum atomic E-state index is 11.0. The normalized spacial score (nSPS) is 11.3. The molecule has 3 heteroatoms. The van der Waals surface area contributed by atoms with Crippen LogP contribution >= 0.6 is 0 Å². The molecule has 0 rings (SSSR count). The summed E-state index contributed by atoms with van der Waals surface area (Å²) in [7, 11) is 0. The maximum absolute atomic E-state index is 11.0. The molecule has 0 atom stereocenters. The Balaban J connectivity index is 3.54. The van der Waals surface area contributed by atoms with Crippen LogP contribution in [0.3, 0.4) is 0 Å². The van der Waals surface area contributed by atoms with Crippen LogP contribution in [0, 0.1) is 5.41 Å². The minimum atomic E-state index is -0.455. The Morgan fingerprint density at radius 1 is 1.36 bits per heavy atom. The fourth-order valence-electron chi connectivity index (χ4n) is 0.440. The highest BCUT2D eigenvalue weighted by Crippen LogP contribution is 2.14. The molecule has 65 valence electrons. The number of esters is 1. The lowest BCUT2D eigenvalue weighted by Gasteiger charge is -2.15. The lowest BCUT2D eigenvalue weighted by atomic mass is 9.97. The Bertz CT molecular complexity index is 124. The van der Waals surface area contributed by atoms with Gasteiger partial charge in [-0.2, -0.15) is 0 Å². The molecule has 0 unspecified atom stereocenters. The number of hydrogen-bond acceptors (Lipinski definition) is 2. The van der Waals surface area contributed by atoms with Crippen molar-refractivity contribution in [2.75, 3.05) is 13.2 Å². The van der Waals surface area contributed by atoms with E-state index < -0.39 is 5.41 Å². The quantitative estimate of drug-likeness (QED) is 0.461. The summed E-state index contributed by atoms with van der Waals surface area (Å²) in [6, 6.07) is 0. The first-order chi connectivity index (χ1) is 4.98. The van der Waals surface area contributed by atoms with Crippen LogP contribution in [0.1, 0.15) is 27.2 Å². The van der Waals surface area contributed by atoms with Gasteiger partial charge < -0.3 is 4.74 Å². The van der Waals surface area contributed by atoms with Crippen molar-refractivity contribution >= 4 is 5.97 Å². The Labute approximate surface area is 67.4 Å². The molecule has 0 saturated carbocycles. The van der Waals surface area contributed by atoms with Gasteiger partial charge in [-0.25, -0.2) is 5.11 Å². The molecule has 11 heavy (non-hydrogen) atoms. The van der Waals surface area contributed by atoms with E-state index in [2.05, 4.69) is 0 Å². The van der Waals surface area contributed by atoms with E-state index in [0.29, 0.717) is 6.42 Å². The summed E-state index contributed by atoms with van der Waals surface area (Å²) < 4.78 is 4.81. The van der Waals surface area contributed by atoms with Gasteiger partial charge in [-0.05, 0) is 20.8 Å². The number of carbonyl (C=O) groups is 1. The van der Waals surface area contributed by atoms with Gasteiger partial charge in [0.2, 0.25) is 0 Å². The Morgan fingerprint density at radius 3 is 2.27 bits per heavy atom. The van der Waals surface area contributed by atoms with E-state index in [0.717, 1.165) is 0 Å². The minimum Gasteiger partial charge on any atom is -0.465 e. The lowest BCUT2D eigenvalue weighted by Crippen LogP contribution is -2.23. The zero-order valence-corrected chi connectivity index (χ0v) is 7.35. The fourth-order valence-corrected chi connectivity index (χ4v) is 0.440. The van der Waals surface area contributed by atoms with Gasteiger partial charge in [0, 0.05) is 6.42 Å².